The second kappa shape index (κ2) is 9.68. The predicted octanol–water partition coefficient (Wildman–Crippen LogP) is 3.42. The standard InChI is InChI=1S/C20H25N3O4/c1-4-22(5-2)19(15-9-8-10-16(13-15)27-3)14-21-20(24)17-11-6-7-12-18(17)23(25)26/h6-13,19H,4-5,14H2,1-3H3,(H,21,24). The van der Waals surface area contributed by atoms with Crippen molar-refractivity contribution in [1.82, 2.24) is 10.2 Å². The van der Waals surface area contributed by atoms with E-state index < -0.39 is 10.8 Å². The number of ether oxygens (including phenoxy) is 1. The molecule has 1 amide bonds. The Morgan fingerprint density at radius 2 is 1.89 bits per heavy atom. The van der Waals surface area contributed by atoms with Gasteiger partial charge in [0, 0.05) is 12.6 Å². The first-order valence-electron chi connectivity index (χ1n) is 8.91. The zero-order valence-electron chi connectivity index (χ0n) is 15.8. The molecule has 7 heteroatoms. The SMILES string of the molecule is CCN(CC)C(CNC(=O)c1ccccc1[N+](=O)[O-])c1cccc(OC)c1. The highest BCUT2D eigenvalue weighted by molar-refractivity contribution is 5.98. The Hall–Kier alpha value is -2.93. The summed E-state index contributed by atoms with van der Waals surface area (Å²) in [6.45, 7) is 6.06. The number of nitro benzene ring substituents is 1. The van der Waals surface area contributed by atoms with E-state index in [0.29, 0.717) is 6.54 Å². The van der Waals surface area contributed by atoms with E-state index in [9.17, 15) is 14.9 Å². The second-order valence-corrected chi connectivity index (χ2v) is 6.00. The third kappa shape index (κ3) is 5.04. The van der Waals surface area contributed by atoms with Gasteiger partial charge in [-0.25, -0.2) is 0 Å². The van der Waals surface area contributed by atoms with E-state index >= 15 is 0 Å². The molecule has 0 bridgehead atoms. The van der Waals surface area contributed by atoms with Crippen LogP contribution in [0.2, 0.25) is 0 Å². The maximum atomic E-state index is 12.6. The molecule has 0 saturated heterocycles. The monoisotopic (exact) mass is 371 g/mol. The second-order valence-electron chi connectivity index (χ2n) is 6.00. The van der Waals surface area contributed by atoms with E-state index in [1.807, 2.05) is 24.3 Å². The molecule has 2 rings (SSSR count). The number of nitrogens with zero attached hydrogens (tertiary/aromatic N) is 2. The smallest absolute Gasteiger partial charge is 0.282 e. The molecule has 2 aromatic rings. The van der Waals surface area contributed by atoms with Crippen LogP contribution >= 0.6 is 0 Å². The number of para-hydroxylation sites is 1. The van der Waals surface area contributed by atoms with Crippen LogP contribution < -0.4 is 10.1 Å². The molecular weight excluding hydrogens is 346 g/mol. The summed E-state index contributed by atoms with van der Waals surface area (Å²) in [4.78, 5) is 25.4. The first-order valence-corrected chi connectivity index (χ1v) is 8.91. The van der Waals surface area contributed by atoms with Crippen LogP contribution in [0.3, 0.4) is 0 Å². The quantitative estimate of drug-likeness (QED) is 0.539. The van der Waals surface area contributed by atoms with Gasteiger partial charge in [0.15, 0.2) is 0 Å². The zero-order valence-corrected chi connectivity index (χ0v) is 15.8. The summed E-state index contributed by atoms with van der Waals surface area (Å²) in [6, 6.07) is 13.6. The van der Waals surface area contributed by atoms with Crippen LogP contribution in [-0.4, -0.2) is 42.5 Å². The Morgan fingerprint density at radius 3 is 2.52 bits per heavy atom. The molecule has 0 aliphatic rings. The lowest BCUT2D eigenvalue weighted by molar-refractivity contribution is -0.385. The van der Waals surface area contributed by atoms with Gasteiger partial charge in [-0.1, -0.05) is 38.1 Å². The molecule has 0 spiro atoms. The Labute approximate surface area is 159 Å². The Balaban J connectivity index is 2.23. The van der Waals surface area contributed by atoms with Gasteiger partial charge < -0.3 is 10.1 Å². The number of methoxy groups -OCH3 is 1. The lowest BCUT2D eigenvalue weighted by atomic mass is 10.0. The minimum Gasteiger partial charge on any atom is -0.497 e. The van der Waals surface area contributed by atoms with Crippen molar-refractivity contribution in [2.75, 3.05) is 26.7 Å². The van der Waals surface area contributed by atoms with Crippen molar-refractivity contribution in [2.45, 2.75) is 19.9 Å². The molecular formula is C20H25N3O4. The van der Waals surface area contributed by atoms with Crippen molar-refractivity contribution in [2.24, 2.45) is 0 Å². The summed E-state index contributed by atoms with van der Waals surface area (Å²) >= 11 is 0. The number of hydrogen-bond donors (Lipinski definition) is 1. The van der Waals surface area contributed by atoms with Gasteiger partial charge in [0.05, 0.1) is 18.1 Å². The van der Waals surface area contributed by atoms with Crippen molar-refractivity contribution in [1.29, 1.82) is 0 Å². The normalized spacial score (nSPS) is 11.9. The lowest BCUT2D eigenvalue weighted by Gasteiger charge is -2.30. The first-order chi connectivity index (χ1) is 13.0. The summed E-state index contributed by atoms with van der Waals surface area (Å²) in [5, 5.41) is 14.0. The molecule has 0 radical (unpaired) electrons. The van der Waals surface area contributed by atoms with Gasteiger partial charge in [-0.3, -0.25) is 19.8 Å². The van der Waals surface area contributed by atoms with Crippen LogP contribution in [0.15, 0.2) is 48.5 Å². The van der Waals surface area contributed by atoms with Gasteiger partial charge in [-0.2, -0.15) is 0 Å². The summed E-state index contributed by atoms with van der Waals surface area (Å²) in [5.41, 5.74) is 0.878. The molecule has 144 valence electrons. The number of nitro groups is 1. The molecule has 0 fully saturated rings. The Kier molecular flexibility index (Phi) is 7.31. The zero-order chi connectivity index (χ0) is 19.8. The van der Waals surface area contributed by atoms with E-state index in [2.05, 4.69) is 24.1 Å². The molecule has 2 aromatic carbocycles. The highest BCUT2D eigenvalue weighted by Crippen LogP contribution is 2.24. The third-order valence-corrected chi connectivity index (χ3v) is 4.53. The summed E-state index contributed by atoms with van der Waals surface area (Å²) in [6.07, 6.45) is 0. The summed E-state index contributed by atoms with van der Waals surface area (Å²) < 4.78 is 5.31. The number of benzene rings is 2. The van der Waals surface area contributed by atoms with Crippen molar-refractivity contribution < 1.29 is 14.5 Å². The van der Waals surface area contributed by atoms with Crippen LogP contribution in [0, 0.1) is 10.1 Å². The summed E-state index contributed by atoms with van der Waals surface area (Å²) in [5.74, 6) is 0.289. The molecule has 1 atom stereocenters. The van der Waals surface area contributed by atoms with Gasteiger partial charge in [0.2, 0.25) is 0 Å². The van der Waals surface area contributed by atoms with Gasteiger partial charge in [0.1, 0.15) is 11.3 Å². The number of rotatable bonds is 9. The fourth-order valence-electron chi connectivity index (χ4n) is 3.08. The minimum atomic E-state index is -0.543. The van der Waals surface area contributed by atoms with E-state index in [-0.39, 0.29) is 17.3 Å². The Morgan fingerprint density at radius 1 is 1.19 bits per heavy atom. The van der Waals surface area contributed by atoms with Gasteiger partial charge >= 0.3 is 0 Å². The fourth-order valence-corrected chi connectivity index (χ4v) is 3.08. The summed E-state index contributed by atoms with van der Waals surface area (Å²) in [7, 11) is 1.61. The van der Waals surface area contributed by atoms with E-state index in [1.54, 1.807) is 19.2 Å². The average Bonchev–Trinajstić information content (AvgIpc) is 2.70. The largest absolute Gasteiger partial charge is 0.497 e. The number of carbonyl (C=O) groups is 1. The third-order valence-electron chi connectivity index (χ3n) is 4.53. The van der Waals surface area contributed by atoms with Gasteiger partial charge in [-0.15, -0.1) is 0 Å². The highest BCUT2D eigenvalue weighted by Gasteiger charge is 2.23. The molecule has 0 heterocycles. The first kappa shape index (κ1) is 20.4. The van der Waals surface area contributed by atoms with Crippen molar-refractivity contribution in [3.63, 3.8) is 0 Å². The molecule has 0 saturated carbocycles. The molecule has 27 heavy (non-hydrogen) atoms. The predicted molar refractivity (Wildman–Crippen MR) is 104 cm³/mol. The molecule has 7 nitrogen and oxygen atoms in total. The van der Waals surface area contributed by atoms with E-state index in [1.165, 1.54) is 12.1 Å². The average molecular weight is 371 g/mol. The number of amides is 1. The Bertz CT molecular complexity index is 790. The molecule has 1 unspecified atom stereocenters. The molecule has 1 N–H and O–H groups in total. The van der Waals surface area contributed by atoms with E-state index in [4.69, 9.17) is 4.74 Å². The van der Waals surface area contributed by atoms with E-state index in [0.717, 1.165) is 24.4 Å². The maximum absolute atomic E-state index is 12.6. The van der Waals surface area contributed by atoms with Crippen molar-refractivity contribution in [3.05, 3.63) is 69.8 Å². The molecule has 0 aromatic heterocycles. The molecule has 0 aliphatic carbocycles. The number of likely N-dealkylation sites (N-methyl/N-ethyl adjacent to an activating group) is 1. The van der Waals surface area contributed by atoms with Gasteiger partial charge in [-0.05, 0) is 36.9 Å². The van der Waals surface area contributed by atoms with Crippen LogP contribution in [-0.2, 0) is 0 Å². The number of carbonyl (C=O) groups excluding carboxylic acids is 1. The highest BCUT2D eigenvalue weighted by atomic mass is 16.6. The molecule has 0 aliphatic heterocycles. The maximum Gasteiger partial charge on any atom is 0.282 e. The minimum absolute atomic E-state index is 0.0615. The van der Waals surface area contributed by atoms with Crippen LogP contribution in [0.4, 0.5) is 5.69 Å². The fraction of sp³-hybridized carbons (Fsp3) is 0.350. The number of nitrogens with one attached hydrogen (secondary N) is 1. The van der Waals surface area contributed by atoms with Crippen molar-refractivity contribution in [3.8, 4) is 5.75 Å². The van der Waals surface area contributed by atoms with Crippen LogP contribution in [0.1, 0.15) is 35.8 Å². The van der Waals surface area contributed by atoms with Crippen LogP contribution in [0.5, 0.6) is 5.75 Å². The van der Waals surface area contributed by atoms with Gasteiger partial charge in [0.25, 0.3) is 11.6 Å². The topological polar surface area (TPSA) is 84.7 Å². The number of hydrogen-bond acceptors (Lipinski definition) is 5. The van der Waals surface area contributed by atoms with Crippen molar-refractivity contribution >= 4 is 11.6 Å². The lowest BCUT2D eigenvalue weighted by Crippen LogP contribution is -2.38. The van der Waals surface area contributed by atoms with Crippen LogP contribution in [0.25, 0.3) is 0 Å².